The van der Waals surface area contributed by atoms with Gasteiger partial charge < -0.3 is 11.1 Å². The lowest BCUT2D eigenvalue weighted by atomic mass is 10.1. The minimum Gasteiger partial charge on any atom is -0.366 e. The van der Waals surface area contributed by atoms with Gasteiger partial charge in [0.1, 0.15) is 0 Å². The van der Waals surface area contributed by atoms with Gasteiger partial charge in [-0.3, -0.25) is 0 Å². The topological polar surface area (TPSA) is 68.8 Å². The second kappa shape index (κ2) is 4.83. The van der Waals surface area contributed by atoms with Crippen LogP contribution in [0.25, 0.3) is 0 Å². The first kappa shape index (κ1) is 10.8. The molecule has 0 fully saturated rings. The number of rotatable bonds is 5. The fraction of sp³-hybridized carbons (Fsp3) is 0.778. The largest absolute Gasteiger partial charge is 0.366 e. The van der Waals surface area contributed by atoms with Crippen LogP contribution >= 0.6 is 0 Å². The molecule has 3 N–H and O–H groups in total. The summed E-state index contributed by atoms with van der Waals surface area (Å²) in [4.78, 5) is 4.05. The molecule has 0 spiro atoms. The molecule has 0 unspecified atom stereocenters. The van der Waals surface area contributed by atoms with Crippen molar-refractivity contribution in [3.63, 3.8) is 0 Å². The van der Waals surface area contributed by atoms with E-state index >= 15 is 0 Å². The minimum atomic E-state index is 0.318. The summed E-state index contributed by atoms with van der Waals surface area (Å²) in [5.41, 5.74) is 5.45. The monoisotopic (exact) mass is 197 g/mol. The zero-order valence-corrected chi connectivity index (χ0v) is 9.12. The van der Waals surface area contributed by atoms with Gasteiger partial charge in [0.2, 0.25) is 11.9 Å². The Labute approximate surface area is 84.7 Å². The highest BCUT2D eigenvalue weighted by Crippen LogP contribution is 2.06. The third kappa shape index (κ3) is 3.24. The number of nitrogens with two attached hydrogens (primary N) is 1. The van der Waals surface area contributed by atoms with Gasteiger partial charge in [0.15, 0.2) is 0 Å². The number of hydrogen-bond acceptors (Lipinski definition) is 4. The molecule has 0 aliphatic heterocycles. The molecule has 0 amide bonds. The highest BCUT2D eigenvalue weighted by Gasteiger charge is 2.02. The van der Waals surface area contributed by atoms with E-state index in [0.29, 0.717) is 5.95 Å². The highest BCUT2D eigenvalue weighted by molar-refractivity contribution is 5.31. The fourth-order valence-electron chi connectivity index (χ4n) is 1.27. The van der Waals surface area contributed by atoms with Gasteiger partial charge in [-0.25, -0.2) is 4.68 Å². The van der Waals surface area contributed by atoms with Crippen molar-refractivity contribution in [2.24, 2.45) is 13.0 Å². The van der Waals surface area contributed by atoms with E-state index in [2.05, 4.69) is 29.2 Å². The van der Waals surface area contributed by atoms with Gasteiger partial charge >= 0.3 is 0 Å². The average Bonchev–Trinajstić information content (AvgIpc) is 2.39. The third-order valence-electron chi connectivity index (χ3n) is 2.02. The van der Waals surface area contributed by atoms with Gasteiger partial charge in [-0.1, -0.05) is 13.8 Å². The molecule has 14 heavy (non-hydrogen) atoms. The second-order valence-corrected chi connectivity index (χ2v) is 3.88. The molecule has 0 radical (unpaired) electrons. The Morgan fingerprint density at radius 3 is 2.71 bits per heavy atom. The van der Waals surface area contributed by atoms with Crippen molar-refractivity contribution in [3.05, 3.63) is 0 Å². The molecule has 0 aliphatic carbocycles. The van der Waals surface area contributed by atoms with E-state index < -0.39 is 0 Å². The fourth-order valence-corrected chi connectivity index (χ4v) is 1.27. The Bertz CT molecular complexity index is 279. The molecule has 1 aromatic heterocycles. The molecule has 5 nitrogen and oxygen atoms in total. The Kier molecular flexibility index (Phi) is 3.73. The van der Waals surface area contributed by atoms with Crippen molar-refractivity contribution in [1.29, 1.82) is 0 Å². The summed E-state index contributed by atoms with van der Waals surface area (Å²) >= 11 is 0. The minimum absolute atomic E-state index is 0.318. The van der Waals surface area contributed by atoms with E-state index in [-0.39, 0.29) is 0 Å². The molecule has 0 atom stereocenters. The molecular weight excluding hydrogens is 178 g/mol. The number of nitrogens with one attached hydrogen (secondary N) is 1. The normalized spacial score (nSPS) is 10.9. The Morgan fingerprint density at radius 1 is 1.50 bits per heavy atom. The van der Waals surface area contributed by atoms with E-state index in [1.165, 1.54) is 6.42 Å². The van der Waals surface area contributed by atoms with Gasteiger partial charge in [-0.05, 0) is 18.8 Å². The van der Waals surface area contributed by atoms with E-state index in [1.807, 2.05) is 7.05 Å². The van der Waals surface area contributed by atoms with Crippen molar-refractivity contribution in [1.82, 2.24) is 14.8 Å². The Balaban J connectivity index is 2.28. The molecule has 5 heteroatoms. The van der Waals surface area contributed by atoms with Crippen molar-refractivity contribution in [3.8, 4) is 0 Å². The zero-order valence-electron chi connectivity index (χ0n) is 9.12. The van der Waals surface area contributed by atoms with Crippen LogP contribution in [0.1, 0.15) is 26.7 Å². The molecule has 1 heterocycles. The average molecular weight is 197 g/mol. The van der Waals surface area contributed by atoms with Crippen molar-refractivity contribution < 1.29 is 0 Å². The molecule has 0 bridgehead atoms. The molecule has 1 aromatic rings. The van der Waals surface area contributed by atoms with Gasteiger partial charge in [-0.2, -0.15) is 4.98 Å². The van der Waals surface area contributed by atoms with E-state index in [9.17, 15) is 0 Å². The highest BCUT2D eigenvalue weighted by atomic mass is 15.4. The van der Waals surface area contributed by atoms with E-state index in [4.69, 9.17) is 5.73 Å². The zero-order chi connectivity index (χ0) is 10.6. The van der Waals surface area contributed by atoms with Gasteiger partial charge in [0.25, 0.3) is 0 Å². The Morgan fingerprint density at radius 2 is 2.21 bits per heavy atom. The standard InChI is InChI=1S/C9H19N5/c1-7(2)5-4-6-11-9-12-8(10)13-14(9)3/h7H,4-6H2,1-3H3,(H3,10,11,12,13). The van der Waals surface area contributed by atoms with Crippen LogP contribution in [0.2, 0.25) is 0 Å². The summed E-state index contributed by atoms with van der Waals surface area (Å²) in [5, 5.41) is 7.14. The number of anilines is 2. The molecule has 0 aromatic carbocycles. The Hall–Kier alpha value is -1.26. The van der Waals surface area contributed by atoms with Crippen molar-refractivity contribution in [2.75, 3.05) is 17.6 Å². The summed E-state index contributed by atoms with van der Waals surface area (Å²) in [5.74, 6) is 1.81. The maximum atomic E-state index is 5.45. The first-order chi connectivity index (χ1) is 6.59. The smallest absolute Gasteiger partial charge is 0.241 e. The summed E-state index contributed by atoms with van der Waals surface area (Å²) in [6, 6.07) is 0. The molecule has 0 saturated carbocycles. The van der Waals surface area contributed by atoms with Crippen molar-refractivity contribution in [2.45, 2.75) is 26.7 Å². The quantitative estimate of drug-likeness (QED) is 0.697. The number of hydrogen-bond donors (Lipinski definition) is 2. The van der Waals surface area contributed by atoms with Crippen LogP contribution in [0.4, 0.5) is 11.9 Å². The van der Waals surface area contributed by atoms with E-state index in [1.54, 1.807) is 4.68 Å². The molecule has 0 aliphatic rings. The summed E-state index contributed by atoms with van der Waals surface area (Å²) in [6.07, 6.45) is 2.37. The SMILES string of the molecule is CC(C)CCCNc1nc(N)nn1C. The first-order valence-electron chi connectivity index (χ1n) is 5.00. The van der Waals surface area contributed by atoms with Gasteiger partial charge in [-0.15, -0.1) is 5.10 Å². The van der Waals surface area contributed by atoms with Crippen molar-refractivity contribution >= 4 is 11.9 Å². The number of nitrogens with zero attached hydrogens (tertiary/aromatic N) is 3. The van der Waals surface area contributed by atoms with Crippen LogP contribution in [-0.4, -0.2) is 21.3 Å². The number of aryl methyl sites for hydroxylation is 1. The lowest BCUT2D eigenvalue weighted by Crippen LogP contribution is -2.08. The number of nitrogen functional groups attached to an aromatic ring is 1. The lowest BCUT2D eigenvalue weighted by Gasteiger charge is -2.06. The van der Waals surface area contributed by atoms with Crippen LogP contribution in [-0.2, 0) is 7.05 Å². The summed E-state index contributed by atoms with van der Waals surface area (Å²) in [7, 11) is 1.83. The predicted octanol–water partition coefficient (Wildman–Crippen LogP) is 1.25. The maximum absolute atomic E-state index is 5.45. The maximum Gasteiger partial charge on any atom is 0.241 e. The predicted molar refractivity (Wildman–Crippen MR) is 58.0 cm³/mol. The van der Waals surface area contributed by atoms with Gasteiger partial charge in [0, 0.05) is 13.6 Å². The van der Waals surface area contributed by atoms with Crippen LogP contribution in [0.15, 0.2) is 0 Å². The van der Waals surface area contributed by atoms with Gasteiger partial charge in [0.05, 0.1) is 0 Å². The molecular formula is C9H19N5. The van der Waals surface area contributed by atoms with Crippen LogP contribution in [0.5, 0.6) is 0 Å². The third-order valence-corrected chi connectivity index (χ3v) is 2.02. The van der Waals surface area contributed by atoms with Crippen LogP contribution in [0.3, 0.4) is 0 Å². The molecule has 0 saturated heterocycles. The van der Waals surface area contributed by atoms with E-state index in [0.717, 1.165) is 24.8 Å². The lowest BCUT2D eigenvalue weighted by molar-refractivity contribution is 0.565. The number of aromatic nitrogens is 3. The molecule has 80 valence electrons. The molecule has 1 rings (SSSR count). The van der Waals surface area contributed by atoms with Crippen LogP contribution < -0.4 is 11.1 Å². The second-order valence-electron chi connectivity index (χ2n) is 3.88. The first-order valence-corrected chi connectivity index (χ1v) is 5.00. The summed E-state index contributed by atoms with van der Waals surface area (Å²) in [6.45, 7) is 5.37. The van der Waals surface area contributed by atoms with Crippen LogP contribution in [0, 0.1) is 5.92 Å². The summed E-state index contributed by atoms with van der Waals surface area (Å²) < 4.78 is 1.66.